The van der Waals surface area contributed by atoms with Crippen molar-refractivity contribution in [2.75, 3.05) is 11.9 Å². The Hall–Kier alpha value is -1.30. The summed E-state index contributed by atoms with van der Waals surface area (Å²) in [6.07, 6.45) is -1.01. The Morgan fingerprint density at radius 2 is 2.10 bits per heavy atom. The Labute approximate surface area is 127 Å². The van der Waals surface area contributed by atoms with Gasteiger partial charge < -0.3 is 11.1 Å². The molecule has 0 heterocycles. The Bertz CT molecular complexity index is 528. The van der Waals surface area contributed by atoms with Crippen LogP contribution in [0, 0.1) is 11.8 Å². The molecule has 2 unspecified atom stereocenters. The van der Waals surface area contributed by atoms with Gasteiger partial charge in [0.2, 0.25) is 0 Å². The lowest BCUT2D eigenvalue weighted by Crippen LogP contribution is -2.19. The molecule has 0 bridgehead atoms. The molecule has 0 aromatic heterocycles. The minimum atomic E-state index is -4.46. The first-order valence-corrected chi connectivity index (χ1v) is 7.43. The summed E-state index contributed by atoms with van der Waals surface area (Å²) in [5.74, 6) is 1.24. The van der Waals surface area contributed by atoms with E-state index >= 15 is 0 Å². The van der Waals surface area contributed by atoms with Gasteiger partial charge in [-0.1, -0.05) is 25.6 Å². The molecular formula is C15H19F3N2S. The largest absolute Gasteiger partial charge is 0.417 e. The van der Waals surface area contributed by atoms with Crippen molar-refractivity contribution in [3.63, 3.8) is 0 Å². The maximum Gasteiger partial charge on any atom is 0.417 e. The highest BCUT2D eigenvalue weighted by molar-refractivity contribution is 7.80. The molecular weight excluding hydrogens is 297 g/mol. The Balaban J connectivity index is 2.12. The molecule has 21 heavy (non-hydrogen) atoms. The van der Waals surface area contributed by atoms with Gasteiger partial charge in [-0.25, -0.2) is 0 Å². The van der Waals surface area contributed by atoms with Gasteiger partial charge in [0.15, 0.2) is 0 Å². The summed E-state index contributed by atoms with van der Waals surface area (Å²) in [4.78, 5) is -0.238. The maximum atomic E-state index is 13.0. The smallest absolute Gasteiger partial charge is 0.389 e. The number of rotatable bonds is 4. The van der Waals surface area contributed by atoms with Crippen LogP contribution in [0.25, 0.3) is 0 Å². The van der Waals surface area contributed by atoms with Crippen LogP contribution in [0.5, 0.6) is 0 Å². The van der Waals surface area contributed by atoms with Crippen molar-refractivity contribution in [1.82, 2.24) is 0 Å². The second-order valence-corrected chi connectivity index (χ2v) is 6.23. The van der Waals surface area contributed by atoms with E-state index in [1.807, 2.05) is 0 Å². The average Bonchev–Trinajstić information content (AvgIpc) is 2.81. The second kappa shape index (κ2) is 6.22. The molecule has 0 spiro atoms. The molecule has 2 nitrogen and oxygen atoms in total. The van der Waals surface area contributed by atoms with Gasteiger partial charge in [0.1, 0.15) is 4.99 Å². The van der Waals surface area contributed by atoms with Gasteiger partial charge in [0.25, 0.3) is 0 Å². The van der Waals surface area contributed by atoms with Crippen molar-refractivity contribution in [3.8, 4) is 0 Å². The Kier molecular flexibility index (Phi) is 4.76. The number of nitrogens with one attached hydrogen (secondary N) is 1. The lowest BCUT2D eigenvalue weighted by atomic mass is 10.0. The number of thiocarbonyl (C=S) groups is 1. The predicted octanol–water partition coefficient (Wildman–Crippen LogP) is 4.19. The first-order chi connectivity index (χ1) is 9.77. The van der Waals surface area contributed by atoms with E-state index in [9.17, 15) is 13.2 Å². The third-order valence-corrected chi connectivity index (χ3v) is 4.21. The second-order valence-electron chi connectivity index (χ2n) is 5.79. The van der Waals surface area contributed by atoms with Crippen LogP contribution in [-0.2, 0) is 6.18 Å². The number of alkyl halides is 3. The minimum Gasteiger partial charge on any atom is -0.389 e. The molecule has 0 radical (unpaired) electrons. The van der Waals surface area contributed by atoms with E-state index in [-0.39, 0.29) is 10.6 Å². The molecule has 0 saturated heterocycles. The van der Waals surface area contributed by atoms with Crippen molar-refractivity contribution >= 4 is 22.9 Å². The SMILES string of the molecule is CC1CCC(CNc2ccc(C(N)=S)c(C(F)(F)F)c2)C1. The molecule has 116 valence electrons. The minimum absolute atomic E-state index is 0.127. The zero-order valence-corrected chi connectivity index (χ0v) is 12.7. The van der Waals surface area contributed by atoms with Crippen LogP contribution in [0.15, 0.2) is 18.2 Å². The van der Waals surface area contributed by atoms with Gasteiger partial charge in [-0.15, -0.1) is 0 Å². The van der Waals surface area contributed by atoms with Gasteiger partial charge in [-0.05, 0) is 42.9 Å². The number of hydrogen-bond donors (Lipinski definition) is 2. The first-order valence-electron chi connectivity index (χ1n) is 7.02. The molecule has 2 rings (SSSR count). The summed E-state index contributed by atoms with van der Waals surface area (Å²) in [7, 11) is 0. The van der Waals surface area contributed by atoms with E-state index in [0.29, 0.717) is 24.1 Å². The van der Waals surface area contributed by atoms with Gasteiger partial charge in [-0.2, -0.15) is 13.2 Å². The van der Waals surface area contributed by atoms with E-state index in [2.05, 4.69) is 24.5 Å². The zero-order chi connectivity index (χ0) is 15.6. The van der Waals surface area contributed by atoms with Crippen LogP contribution >= 0.6 is 12.2 Å². The number of halogens is 3. The first kappa shape index (κ1) is 16.1. The Morgan fingerprint density at radius 3 is 2.62 bits per heavy atom. The molecule has 1 aliphatic rings. The van der Waals surface area contributed by atoms with Crippen LogP contribution in [0.3, 0.4) is 0 Å². The van der Waals surface area contributed by atoms with Crippen molar-refractivity contribution in [3.05, 3.63) is 29.3 Å². The fraction of sp³-hybridized carbons (Fsp3) is 0.533. The van der Waals surface area contributed by atoms with E-state index in [0.717, 1.165) is 18.9 Å². The van der Waals surface area contributed by atoms with Gasteiger partial charge in [0.05, 0.1) is 5.56 Å². The average molecular weight is 316 g/mol. The molecule has 1 saturated carbocycles. The monoisotopic (exact) mass is 316 g/mol. The maximum absolute atomic E-state index is 13.0. The molecule has 1 aromatic rings. The molecule has 1 aliphatic carbocycles. The highest BCUT2D eigenvalue weighted by Crippen LogP contribution is 2.34. The van der Waals surface area contributed by atoms with Crippen LogP contribution in [-0.4, -0.2) is 11.5 Å². The summed E-state index contributed by atoms with van der Waals surface area (Å²) in [6, 6.07) is 4.03. The van der Waals surface area contributed by atoms with Crippen LogP contribution in [0.1, 0.15) is 37.3 Å². The highest BCUT2D eigenvalue weighted by Gasteiger charge is 2.34. The van der Waals surface area contributed by atoms with E-state index < -0.39 is 11.7 Å². The van der Waals surface area contributed by atoms with E-state index in [1.165, 1.54) is 12.5 Å². The lowest BCUT2D eigenvalue weighted by molar-refractivity contribution is -0.137. The van der Waals surface area contributed by atoms with Crippen LogP contribution in [0.4, 0.5) is 18.9 Å². The number of hydrogen-bond acceptors (Lipinski definition) is 2. The molecule has 2 atom stereocenters. The van der Waals surface area contributed by atoms with Gasteiger partial charge in [-0.3, -0.25) is 0 Å². The third kappa shape index (κ3) is 4.09. The predicted molar refractivity (Wildman–Crippen MR) is 82.3 cm³/mol. The van der Waals surface area contributed by atoms with E-state index in [1.54, 1.807) is 6.07 Å². The van der Waals surface area contributed by atoms with Gasteiger partial charge >= 0.3 is 6.18 Å². The van der Waals surface area contributed by atoms with Gasteiger partial charge in [0, 0.05) is 17.8 Å². The summed E-state index contributed by atoms with van der Waals surface area (Å²) >= 11 is 4.68. The van der Waals surface area contributed by atoms with E-state index in [4.69, 9.17) is 5.73 Å². The number of nitrogens with two attached hydrogens (primary N) is 1. The van der Waals surface area contributed by atoms with Crippen molar-refractivity contribution < 1.29 is 13.2 Å². The molecule has 1 fully saturated rings. The fourth-order valence-electron chi connectivity index (χ4n) is 2.88. The molecule has 1 aromatic carbocycles. The molecule has 0 amide bonds. The van der Waals surface area contributed by atoms with Crippen molar-refractivity contribution in [2.24, 2.45) is 17.6 Å². The molecule has 6 heteroatoms. The van der Waals surface area contributed by atoms with Crippen LogP contribution in [0.2, 0.25) is 0 Å². The zero-order valence-electron chi connectivity index (χ0n) is 11.8. The standard InChI is InChI=1S/C15H19F3N2S/c1-9-2-3-10(6-9)8-20-11-4-5-12(14(19)21)13(7-11)15(16,17)18/h4-5,7,9-10,20H,2-3,6,8H2,1H3,(H2,19,21). The van der Waals surface area contributed by atoms with Crippen molar-refractivity contribution in [2.45, 2.75) is 32.4 Å². The lowest BCUT2D eigenvalue weighted by Gasteiger charge is -2.16. The summed E-state index contributed by atoms with van der Waals surface area (Å²) in [5.41, 5.74) is 4.92. The van der Waals surface area contributed by atoms with Crippen LogP contribution < -0.4 is 11.1 Å². The number of benzene rings is 1. The summed E-state index contributed by atoms with van der Waals surface area (Å²) in [6.45, 7) is 2.91. The normalized spacial score (nSPS) is 22.3. The fourth-order valence-corrected chi connectivity index (χ4v) is 3.05. The highest BCUT2D eigenvalue weighted by atomic mass is 32.1. The topological polar surface area (TPSA) is 38.0 Å². The Morgan fingerprint density at radius 1 is 1.38 bits per heavy atom. The molecule has 3 N–H and O–H groups in total. The third-order valence-electron chi connectivity index (χ3n) is 3.99. The number of anilines is 1. The quantitative estimate of drug-likeness (QED) is 0.818. The summed E-state index contributed by atoms with van der Waals surface area (Å²) < 4.78 is 39.1. The van der Waals surface area contributed by atoms with Crippen molar-refractivity contribution in [1.29, 1.82) is 0 Å². The summed E-state index contributed by atoms with van der Waals surface area (Å²) in [5, 5.41) is 3.10. The molecule has 0 aliphatic heterocycles.